The van der Waals surface area contributed by atoms with Crippen LogP contribution in [0.4, 0.5) is 5.69 Å². The van der Waals surface area contributed by atoms with Crippen molar-refractivity contribution in [3.63, 3.8) is 0 Å². The van der Waals surface area contributed by atoms with E-state index in [4.69, 9.17) is 5.73 Å². The zero-order valence-corrected chi connectivity index (χ0v) is 10.0. The number of benzene rings is 1. The second-order valence-corrected chi connectivity index (χ2v) is 5.00. The van der Waals surface area contributed by atoms with Crippen LogP contribution in [0.5, 0.6) is 0 Å². The summed E-state index contributed by atoms with van der Waals surface area (Å²) in [6.07, 6.45) is 0.758. The van der Waals surface area contributed by atoms with E-state index in [0.717, 1.165) is 12.0 Å². The van der Waals surface area contributed by atoms with Gasteiger partial charge >= 0.3 is 0 Å². The van der Waals surface area contributed by atoms with E-state index in [2.05, 4.69) is 9.44 Å². The highest BCUT2D eigenvalue weighted by Gasteiger charge is 2.08. The fraction of sp³-hybridized carbons (Fsp3) is 0.400. The summed E-state index contributed by atoms with van der Waals surface area (Å²) in [6, 6.07) is 7.16. The summed E-state index contributed by atoms with van der Waals surface area (Å²) in [4.78, 5) is 0. The molecule has 0 aliphatic rings. The second kappa shape index (κ2) is 5.83. The van der Waals surface area contributed by atoms with E-state index in [9.17, 15) is 8.42 Å². The topological polar surface area (TPSA) is 84.2 Å². The predicted molar refractivity (Wildman–Crippen MR) is 64.9 cm³/mol. The Morgan fingerprint density at radius 1 is 1.25 bits per heavy atom. The lowest BCUT2D eigenvalue weighted by atomic mass is 10.2. The molecule has 90 valence electrons. The van der Waals surface area contributed by atoms with Crippen LogP contribution in [0.15, 0.2) is 24.3 Å². The van der Waals surface area contributed by atoms with Gasteiger partial charge in [0, 0.05) is 18.8 Å². The van der Waals surface area contributed by atoms with Crippen LogP contribution >= 0.6 is 0 Å². The minimum atomic E-state index is -3.41. The van der Waals surface area contributed by atoms with Crippen molar-refractivity contribution >= 4 is 15.9 Å². The fourth-order valence-corrected chi connectivity index (χ4v) is 2.08. The first-order valence-corrected chi connectivity index (χ1v) is 6.61. The van der Waals surface area contributed by atoms with Crippen molar-refractivity contribution in [3.8, 4) is 0 Å². The zero-order chi connectivity index (χ0) is 12.0. The average molecular weight is 243 g/mol. The monoisotopic (exact) mass is 243 g/mol. The molecule has 0 bridgehead atoms. The normalized spacial score (nSPS) is 11.6. The van der Waals surface area contributed by atoms with Crippen molar-refractivity contribution in [2.24, 2.45) is 0 Å². The minimum absolute atomic E-state index is 0.200. The summed E-state index contributed by atoms with van der Waals surface area (Å²) < 4.78 is 27.7. The third-order valence-corrected chi connectivity index (χ3v) is 3.16. The van der Waals surface area contributed by atoms with Crippen LogP contribution in [0.3, 0.4) is 0 Å². The van der Waals surface area contributed by atoms with E-state index in [1.165, 1.54) is 0 Å². The molecule has 0 amide bonds. The highest BCUT2D eigenvalue weighted by Crippen LogP contribution is 2.09. The molecule has 1 aromatic carbocycles. The van der Waals surface area contributed by atoms with Gasteiger partial charge in [-0.25, -0.2) is 4.72 Å². The third kappa shape index (κ3) is 4.18. The largest absolute Gasteiger partial charge is 0.398 e. The van der Waals surface area contributed by atoms with Crippen molar-refractivity contribution in [1.82, 2.24) is 9.44 Å². The molecule has 0 aromatic heterocycles. The van der Waals surface area contributed by atoms with Crippen LogP contribution in [-0.2, 0) is 16.8 Å². The van der Waals surface area contributed by atoms with Gasteiger partial charge < -0.3 is 5.73 Å². The van der Waals surface area contributed by atoms with Crippen LogP contribution in [0.1, 0.15) is 18.9 Å². The van der Waals surface area contributed by atoms with E-state index in [1.807, 2.05) is 19.1 Å². The Balaban J connectivity index is 2.55. The van der Waals surface area contributed by atoms with Gasteiger partial charge in [-0.15, -0.1) is 0 Å². The fourth-order valence-electron chi connectivity index (χ4n) is 1.16. The van der Waals surface area contributed by atoms with E-state index in [-0.39, 0.29) is 6.54 Å². The lowest BCUT2D eigenvalue weighted by molar-refractivity contribution is 0.565. The molecular formula is C10H17N3O2S. The number of para-hydroxylation sites is 1. The Morgan fingerprint density at radius 3 is 2.56 bits per heavy atom. The Bertz CT molecular complexity index is 431. The lowest BCUT2D eigenvalue weighted by Gasteiger charge is -2.08. The van der Waals surface area contributed by atoms with Crippen molar-refractivity contribution in [2.45, 2.75) is 19.9 Å². The van der Waals surface area contributed by atoms with Gasteiger partial charge in [0.2, 0.25) is 0 Å². The number of nitrogens with one attached hydrogen (secondary N) is 2. The summed E-state index contributed by atoms with van der Waals surface area (Å²) in [5.41, 5.74) is 7.05. The molecule has 5 nitrogen and oxygen atoms in total. The third-order valence-electron chi connectivity index (χ3n) is 2.05. The second-order valence-electron chi connectivity index (χ2n) is 3.42. The number of hydrogen-bond acceptors (Lipinski definition) is 3. The summed E-state index contributed by atoms with van der Waals surface area (Å²) in [6.45, 7) is 2.53. The lowest BCUT2D eigenvalue weighted by Crippen LogP contribution is -2.36. The molecule has 16 heavy (non-hydrogen) atoms. The van der Waals surface area contributed by atoms with Gasteiger partial charge in [0.15, 0.2) is 0 Å². The van der Waals surface area contributed by atoms with Crippen LogP contribution in [0, 0.1) is 0 Å². The Morgan fingerprint density at radius 2 is 1.94 bits per heavy atom. The Labute approximate surface area is 96.2 Å². The maximum absolute atomic E-state index is 11.4. The highest BCUT2D eigenvalue weighted by atomic mass is 32.2. The van der Waals surface area contributed by atoms with Gasteiger partial charge in [0.25, 0.3) is 10.2 Å². The van der Waals surface area contributed by atoms with Gasteiger partial charge in [0.1, 0.15) is 0 Å². The maximum atomic E-state index is 11.4. The van der Waals surface area contributed by atoms with Crippen LogP contribution in [0.25, 0.3) is 0 Å². The average Bonchev–Trinajstić information content (AvgIpc) is 2.26. The molecule has 0 aliphatic heterocycles. The van der Waals surface area contributed by atoms with E-state index < -0.39 is 10.2 Å². The molecule has 0 aliphatic carbocycles. The van der Waals surface area contributed by atoms with Crippen molar-refractivity contribution in [1.29, 1.82) is 0 Å². The molecule has 0 heterocycles. The van der Waals surface area contributed by atoms with Crippen LogP contribution < -0.4 is 15.2 Å². The Hall–Kier alpha value is -1.11. The maximum Gasteiger partial charge on any atom is 0.277 e. The minimum Gasteiger partial charge on any atom is -0.398 e. The quantitative estimate of drug-likeness (QED) is 0.640. The molecule has 1 aromatic rings. The van der Waals surface area contributed by atoms with Crippen LogP contribution in [-0.4, -0.2) is 15.0 Å². The Kier molecular flexibility index (Phi) is 4.72. The van der Waals surface area contributed by atoms with Gasteiger partial charge in [-0.3, -0.25) is 0 Å². The van der Waals surface area contributed by atoms with Gasteiger partial charge in [-0.1, -0.05) is 25.1 Å². The predicted octanol–water partition coefficient (Wildman–Crippen LogP) is 0.603. The first kappa shape index (κ1) is 13.0. The number of hydrogen-bond donors (Lipinski definition) is 3. The smallest absolute Gasteiger partial charge is 0.277 e. The zero-order valence-electron chi connectivity index (χ0n) is 9.23. The molecule has 1 rings (SSSR count). The van der Waals surface area contributed by atoms with Crippen molar-refractivity contribution in [2.75, 3.05) is 12.3 Å². The van der Waals surface area contributed by atoms with Crippen LogP contribution in [0.2, 0.25) is 0 Å². The number of nitrogens with two attached hydrogens (primary N) is 1. The molecule has 0 unspecified atom stereocenters. The molecule has 6 heteroatoms. The molecule has 0 atom stereocenters. The van der Waals surface area contributed by atoms with Crippen molar-refractivity contribution < 1.29 is 8.42 Å². The number of anilines is 1. The van der Waals surface area contributed by atoms with Crippen molar-refractivity contribution in [3.05, 3.63) is 29.8 Å². The SMILES string of the molecule is CCCNS(=O)(=O)NCc1ccccc1N. The molecule has 0 fully saturated rings. The summed E-state index contributed by atoms with van der Waals surface area (Å²) in [5.74, 6) is 0. The molecule has 0 saturated heterocycles. The number of nitrogen functional groups attached to an aromatic ring is 1. The summed E-state index contributed by atoms with van der Waals surface area (Å²) in [7, 11) is -3.41. The highest BCUT2D eigenvalue weighted by molar-refractivity contribution is 7.87. The van der Waals surface area contributed by atoms with E-state index in [0.29, 0.717) is 12.2 Å². The molecule has 0 saturated carbocycles. The number of rotatable bonds is 6. The van der Waals surface area contributed by atoms with E-state index >= 15 is 0 Å². The van der Waals surface area contributed by atoms with Gasteiger partial charge in [-0.2, -0.15) is 13.1 Å². The molecule has 0 spiro atoms. The molecule has 0 radical (unpaired) electrons. The molecule has 4 N–H and O–H groups in total. The first-order valence-electron chi connectivity index (χ1n) is 5.13. The van der Waals surface area contributed by atoms with E-state index in [1.54, 1.807) is 12.1 Å². The first-order chi connectivity index (χ1) is 7.55. The summed E-state index contributed by atoms with van der Waals surface area (Å²) >= 11 is 0. The molecular weight excluding hydrogens is 226 g/mol. The van der Waals surface area contributed by atoms with Gasteiger partial charge in [0.05, 0.1) is 0 Å². The summed E-state index contributed by atoms with van der Waals surface area (Å²) in [5, 5.41) is 0. The van der Waals surface area contributed by atoms with Gasteiger partial charge in [-0.05, 0) is 18.1 Å². The standard InChI is InChI=1S/C10H17N3O2S/c1-2-7-12-16(14,15)13-8-9-5-3-4-6-10(9)11/h3-6,12-13H,2,7-8,11H2,1H3.